The summed E-state index contributed by atoms with van der Waals surface area (Å²) in [5, 5.41) is 0. The Bertz CT molecular complexity index is 432. The molecule has 2 aliphatic rings. The van der Waals surface area contributed by atoms with Crippen LogP contribution in [0.3, 0.4) is 0 Å². The number of fused-ring (bicyclic) bond motifs is 1. The van der Waals surface area contributed by atoms with E-state index in [1.807, 2.05) is 0 Å². The summed E-state index contributed by atoms with van der Waals surface area (Å²) in [6, 6.07) is 4.81. The maximum atomic E-state index is 13.1. The van der Waals surface area contributed by atoms with Gasteiger partial charge >= 0.3 is 0 Å². The van der Waals surface area contributed by atoms with Crippen LogP contribution in [-0.2, 0) is 6.42 Å². The molecule has 1 aromatic carbocycles. The largest absolute Gasteiger partial charge is 0.488 e. The average Bonchev–Trinajstić information content (AvgIpc) is 2.73. The highest BCUT2D eigenvalue weighted by Crippen LogP contribution is 2.30. The smallest absolute Gasteiger partial charge is 0.123 e. The fraction of sp³-hybridized carbons (Fsp3) is 0.571. The van der Waals surface area contributed by atoms with Crippen LogP contribution >= 0.6 is 15.9 Å². The van der Waals surface area contributed by atoms with Gasteiger partial charge in [-0.1, -0.05) is 15.9 Å². The molecular weight excluding hydrogens is 297 g/mol. The molecule has 1 aromatic rings. The quantitative estimate of drug-likeness (QED) is 0.778. The van der Waals surface area contributed by atoms with E-state index in [-0.39, 0.29) is 11.9 Å². The summed E-state index contributed by atoms with van der Waals surface area (Å²) in [6.07, 6.45) is 3.43. The van der Waals surface area contributed by atoms with Crippen molar-refractivity contribution >= 4 is 15.9 Å². The number of halogens is 2. The van der Waals surface area contributed by atoms with Crippen LogP contribution < -0.4 is 4.74 Å². The maximum Gasteiger partial charge on any atom is 0.123 e. The number of hydrogen-bond donors (Lipinski definition) is 0. The normalized spacial score (nSPS) is 24.9. The number of hydrogen-bond acceptors (Lipinski definition) is 2. The first-order valence-corrected chi connectivity index (χ1v) is 7.44. The molecule has 0 spiro atoms. The zero-order valence-corrected chi connectivity index (χ0v) is 11.8. The fourth-order valence-corrected chi connectivity index (χ4v) is 3.17. The van der Waals surface area contributed by atoms with Crippen LogP contribution in [0.5, 0.6) is 5.75 Å². The SMILES string of the molecule is Fc1ccc2c(c1)CC(CN1CCC(Br)CC1)O2. The van der Waals surface area contributed by atoms with E-state index in [9.17, 15) is 4.39 Å². The summed E-state index contributed by atoms with van der Waals surface area (Å²) in [5.41, 5.74) is 1.01. The Labute approximate surface area is 115 Å². The molecule has 4 heteroatoms. The van der Waals surface area contributed by atoms with Crippen molar-refractivity contribution in [3.63, 3.8) is 0 Å². The molecular formula is C14H17BrFNO. The average molecular weight is 314 g/mol. The monoisotopic (exact) mass is 313 g/mol. The molecule has 1 fully saturated rings. The van der Waals surface area contributed by atoms with E-state index >= 15 is 0 Å². The Kier molecular flexibility index (Phi) is 3.57. The summed E-state index contributed by atoms with van der Waals surface area (Å²) >= 11 is 3.66. The molecule has 0 radical (unpaired) electrons. The Morgan fingerprint density at radius 1 is 1.33 bits per heavy atom. The zero-order chi connectivity index (χ0) is 12.5. The topological polar surface area (TPSA) is 12.5 Å². The maximum absolute atomic E-state index is 13.1. The van der Waals surface area contributed by atoms with E-state index in [1.54, 1.807) is 12.1 Å². The molecule has 2 aliphatic heterocycles. The van der Waals surface area contributed by atoms with Crippen LogP contribution in [0.2, 0.25) is 0 Å². The molecule has 18 heavy (non-hydrogen) atoms. The first-order valence-electron chi connectivity index (χ1n) is 6.52. The lowest BCUT2D eigenvalue weighted by Gasteiger charge is -2.31. The fourth-order valence-electron chi connectivity index (χ4n) is 2.76. The lowest BCUT2D eigenvalue weighted by atomic mass is 10.1. The number of nitrogens with zero attached hydrogens (tertiary/aromatic N) is 1. The van der Waals surface area contributed by atoms with Gasteiger partial charge in [0.15, 0.2) is 0 Å². The molecule has 98 valence electrons. The predicted molar refractivity (Wildman–Crippen MR) is 72.9 cm³/mol. The zero-order valence-electron chi connectivity index (χ0n) is 10.2. The van der Waals surface area contributed by atoms with Crippen molar-refractivity contribution in [3.8, 4) is 5.75 Å². The third-order valence-corrected chi connectivity index (χ3v) is 4.66. The molecule has 0 amide bonds. The van der Waals surface area contributed by atoms with Crippen molar-refractivity contribution in [2.24, 2.45) is 0 Å². The third kappa shape index (κ3) is 2.69. The van der Waals surface area contributed by atoms with Crippen molar-refractivity contribution in [1.82, 2.24) is 4.90 Å². The highest BCUT2D eigenvalue weighted by Gasteiger charge is 2.26. The number of ether oxygens (including phenoxy) is 1. The predicted octanol–water partition coefficient (Wildman–Crippen LogP) is 2.99. The minimum absolute atomic E-state index is 0.168. The lowest BCUT2D eigenvalue weighted by molar-refractivity contribution is 0.136. The third-order valence-electron chi connectivity index (χ3n) is 3.74. The second-order valence-corrected chi connectivity index (χ2v) is 6.47. The molecule has 1 saturated heterocycles. The summed E-state index contributed by atoms with van der Waals surface area (Å²) in [7, 11) is 0. The first kappa shape index (κ1) is 12.4. The number of likely N-dealkylation sites (tertiary alicyclic amines) is 1. The highest BCUT2D eigenvalue weighted by molar-refractivity contribution is 9.09. The van der Waals surface area contributed by atoms with Crippen molar-refractivity contribution in [1.29, 1.82) is 0 Å². The lowest BCUT2D eigenvalue weighted by Crippen LogP contribution is -2.40. The second-order valence-electron chi connectivity index (χ2n) is 5.17. The van der Waals surface area contributed by atoms with Crippen LogP contribution in [0.15, 0.2) is 18.2 Å². The van der Waals surface area contributed by atoms with Gasteiger partial charge in [-0.25, -0.2) is 4.39 Å². The molecule has 0 saturated carbocycles. The summed E-state index contributed by atoms with van der Waals surface area (Å²) < 4.78 is 19.0. The van der Waals surface area contributed by atoms with Crippen LogP contribution in [0, 0.1) is 5.82 Å². The molecule has 1 atom stereocenters. The number of benzene rings is 1. The number of alkyl halides is 1. The van der Waals surface area contributed by atoms with Gasteiger partial charge in [-0.15, -0.1) is 0 Å². The Hall–Kier alpha value is -0.610. The van der Waals surface area contributed by atoms with E-state index in [4.69, 9.17) is 4.74 Å². The number of piperidine rings is 1. The van der Waals surface area contributed by atoms with Gasteiger partial charge in [-0.2, -0.15) is 0 Å². The number of rotatable bonds is 2. The second kappa shape index (κ2) is 5.17. The van der Waals surface area contributed by atoms with Gasteiger partial charge < -0.3 is 4.74 Å². The molecule has 1 unspecified atom stereocenters. The van der Waals surface area contributed by atoms with Gasteiger partial charge in [-0.3, -0.25) is 4.90 Å². The molecule has 0 N–H and O–H groups in total. The summed E-state index contributed by atoms with van der Waals surface area (Å²) in [4.78, 5) is 3.12. The molecule has 2 heterocycles. The Morgan fingerprint density at radius 2 is 2.11 bits per heavy atom. The van der Waals surface area contributed by atoms with Gasteiger partial charge in [0.1, 0.15) is 17.7 Å². The minimum Gasteiger partial charge on any atom is -0.488 e. The van der Waals surface area contributed by atoms with Crippen molar-refractivity contribution < 1.29 is 9.13 Å². The standard InChI is InChI=1S/C14H17BrFNO/c15-11-3-5-17(6-4-11)9-13-8-10-7-12(16)1-2-14(10)18-13/h1-2,7,11,13H,3-6,8-9H2. The molecule has 3 rings (SSSR count). The molecule has 0 aliphatic carbocycles. The van der Waals surface area contributed by atoms with Crippen LogP contribution in [0.1, 0.15) is 18.4 Å². The first-order chi connectivity index (χ1) is 8.70. The van der Waals surface area contributed by atoms with Crippen molar-refractivity contribution in [2.45, 2.75) is 30.2 Å². The van der Waals surface area contributed by atoms with E-state index < -0.39 is 0 Å². The van der Waals surface area contributed by atoms with Crippen molar-refractivity contribution in [3.05, 3.63) is 29.6 Å². The van der Waals surface area contributed by atoms with Gasteiger partial charge in [0.05, 0.1) is 0 Å². The van der Waals surface area contributed by atoms with E-state index in [0.29, 0.717) is 4.83 Å². The molecule has 0 aromatic heterocycles. The minimum atomic E-state index is -0.168. The summed E-state index contributed by atoms with van der Waals surface area (Å²) in [5.74, 6) is 0.690. The van der Waals surface area contributed by atoms with E-state index in [2.05, 4.69) is 20.8 Å². The molecule has 2 nitrogen and oxygen atoms in total. The molecule has 0 bridgehead atoms. The Balaban J connectivity index is 1.58. The van der Waals surface area contributed by atoms with Gasteiger partial charge in [0, 0.05) is 23.4 Å². The van der Waals surface area contributed by atoms with Crippen LogP contribution in [0.25, 0.3) is 0 Å². The van der Waals surface area contributed by atoms with Gasteiger partial charge in [0.25, 0.3) is 0 Å². The Morgan fingerprint density at radius 3 is 2.89 bits per heavy atom. The van der Waals surface area contributed by atoms with Gasteiger partial charge in [-0.05, 0) is 44.1 Å². The van der Waals surface area contributed by atoms with E-state index in [0.717, 1.165) is 37.4 Å². The van der Waals surface area contributed by atoms with Gasteiger partial charge in [0.2, 0.25) is 0 Å². The van der Waals surface area contributed by atoms with E-state index in [1.165, 1.54) is 18.9 Å². The summed E-state index contributed by atoms with van der Waals surface area (Å²) in [6.45, 7) is 3.21. The van der Waals surface area contributed by atoms with Crippen LogP contribution in [0.4, 0.5) is 4.39 Å². The van der Waals surface area contributed by atoms with Crippen LogP contribution in [-0.4, -0.2) is 35.5 Å². The highest BCUT2D eigenvalue weighted by atomic mass is 79.9. The van der Waals surface area contributed by atoms with Crippen molar-refractivity contribution in [2.75, 3.05) is 19.6 Å².